The van der Waals surface area contributed by atoms with Crippen molar-refractivity contribution in [1.29, 1.82) is 0 Å². The van der Waals surface area contributed by atoms with Gasteiger partial charge in [0.05, 0.1) is 4.92 Å². The quantitative estimate of drug-likeness (QED) is 0.460. The van der Waals surface area contributed by atoms with Crippen LogP contribution >= 0.6 is 22.6 Å². The molecule has 0 fully saturated rings. The molecule has 0 aliphatic heterocycles. The molecule has 0 radical (unpaired) electrons. The van der Waals surface area contributed by atoms with E-state index in [1.807, 2.05) is 18.2 Å². The predicted molar refractivity (Wildman–Crippen MR) is 63.3 cm³/mol. The van der Waals surface area contributed by atoms with Crippen LogP contribution in [0.2, 0.25) is 0 Å². The highest BCUT2D eigenvalue weighted by atomic mass is 127. The number of benzene rings is 2. The first-order valence-electron chi connectivity index (χ1n) is 4.01. The van der Waals surface area contributed by atoms with Gasteiger partial charge >= 0.3 is 0 Å². The number of hydrogen-bond acceptors (Lipinski definition) is 2. The highest BCUT2D eigenvalue weighted by molar-refractivity contribution is 14.1. The molecular weight excluding hydrogens is 293 g/mol. The molecule has 2 rings (SSSR count). The van der Waals surface area contributed by atoms with E-state index in [2.05, 4.69) is 22.6 Å². The Morgan fingerprint density at radius 2 is 2.00 bits per heavy atom. The molecule has 70 valence electrons. The minimum Gasteiger partial charge on any atom is -0.258 e. The van der Waals surface area contributed by atoms with Crippen LogP contribution in [0.5, 0.6) is 0 Å². The number of nitro benzene ring substituents is 1. The number of nitrogens with zero attached hydrogens (tertiary/aromatic N) is 1. The molecule has 0 saturated heterocycles. The second kappa shape index (κ2) is 3.53. The number of halogens is 1. The lowest BCUT2D eigenvalue weighted by molar-refractivity contribution is -0.384. The van der Waals surface area contributed by atoms with Crippen LogP contribution in [0.25, 0.3) is 10.8 Å². The topological polar surface area (TPSA) is 43.1 Å². The zero-order valence-corrected chi connectivity index (χ0v) is 9.26. The molecule has 3 nitrogen and oxygen atoms in total. The number of hydrogen-bond donors (Lipinski definition) is 0. The van der Waals surface area contributed by atoms with E-state index in [9.17, 15) is 10.1 Å². The molecular formula is C10H6INO2. The Balaban J connectivity index is 2.73. The lowest BCUT2D eigenvalue weighted by atomic mass is 10.1. The summed E-state index contributed by atoms with van der Waals surface area (Å²) in [4.78, 5) is 10.2. The SMILES string of the molecule is O=[N+]([O-])c1ccc2c(I)cccc2c1. The Labute approximate surface area is 94.0 Å². The number of nitro groups is 1. The number of non-ortho nitro benzene ring substituents is 1. The van der Waals surface area contributed by atoms with Gasteiger partial charge in [0.25, 0.3) is 5.69 Å². The molecule has 0 aliphatic rings. The summed E-state index contributed by atoms with van der Waals surface area (Å²) in [5, 5.41) is 12.5. The van der Waals surface area contributed by atoms with Gasteiger partial charge in [-0.1, -0.05) is 12.1 Å². The Kier molecular flexibility index (Phi) is 2.37. The van der Waals surface area contributed by atoms with Crippen molar-refractivity contribution < 1.29 is 4.92 Å². The maximum atomic E-state index is 10.5. The summed E-state index contributed by atoms with van der Waals surface area (Å²) in [5.41, 5.74) is 0.138. The van der Waals surface area contributed by atoms with Gasteiger partial charge in [-0.3, -0.25) is 10.1 Å². The van der Waals surface area contributed by atoms with Crippen molar-refractivity contribution in [3.63, 3.8) is 0 Å². The van der Waals surface area contributed by atoms with Crippen molar-refractivity contribution in [3.05, 3.63) is 50.1 Å². The second-order valence-corrected chi connectivity index (χ2v) is 4.06. The molecule has 0 spiro atoms. The summed E-state index contributed by atoms with van der Waals surface area (Å²) in [6.45, 7) is 0. The van der Waals surface area contributed by atoms with E-state index in [4.69, 9.17) is 0 Å². The van der Waals surface area contributed by atoms with Gasteiger partial charge in [-0.15, -0.1) is 0 Å². The first-order valence-corrected chi connectivity index (χ1v) is 5.09. The summed E-state index contributed by atoms with van der Waals surface area (Å²) < 4.78 is 1.11. The average Bonchev–Trinajstić information content (AvgIpc) is 2.17. The Bertz CT molecular complexity index is 510. The first kappa shape index (κ1) is 9.39. The van der Waals surface area contributed by atoms with Gasteiger partial charge in [-0.25, -0.2) is 0 Å². The summed E-state index contributed by atoms with van der Waals surface area (Å²) in [6, 6.07) is 10.7. The van der Waals surface area contributed by atoms with Gasteiger partial charge in [0.15, 0.2) is 0 Å². The lowest BCUT2D eigenvalue weighted by Gasteiger charge is -1.99. The summed E-state index contributed by atoms with van der Waals surface area (Å²) in [5.74, 6) is 0. The Hall–Kier alpha value is -1.17. The molecule has 0 atom stereocenters. The molecule has 2 aromatic rings. The van der Waals surface area contributed by atoms with E-state index in [1.54, 1.807) is 12.1 Å². The molecule has 0 bridgehead atoms. The monoisotopic (exact) mass is 299 g/mol. The second-order valence-electron chi connectivity index (χ2n) is 2.90. The molecule has 0 unspecified atom stereocenters. The third-order valence-electron chi connectivity index (χ3n) is 2.02. The summed E-state index contributed by atoms with van der Waals surface area (Å²) in [7, 11) is 0. The fourth-order valence-electron chi connectivity index (χ4n) is 1.35. The van der Waals surface area contributed by atoms with E-state index < -0.39 is 0 Å². The maximum absolute atomic E-state index is 10.5. The molecule has 14 heavy (non-hydrogen) atoms. The molecule has 0 aliphatic carbocycles. The van der Waals surface area contributed by atoms with Gasteiger partial charge in [0, 0.05) is 15.7 Å². The van der Waals surface area contributed by atoms with E-state index in [0.717, 1.165) is 14.3 Å². The van der Waals surface area contributed by atoms with Gasteiger partial charge in [0.2, 0.25) is 0 Å². The molecule has 0 saturated carbocycles. The van der Waals surface area contributed by atoms with Crippen LogP contribution in [0.15, 0.2) is 36.4 Å². The Morgan fingerprint density at radius 3 is 2.71 bits per heavy atom. The molecule has 0 heterocycles. The van der Waals surface area contributed by atoms with Crippen molar-refractivity contribution in [1.82, 2.24) is 0 Å². The number of fused-ring (bicyclic) bond motifs is 1. The fraction of sp³-hybridized carbons (Fsp3) is 0. The summed E-state index contributed by atoms with van der Waals surface area (Å²) >= 11 is 2.22. The van der Waals surface area contributed by atoms with Crippen molar-refractivity contribution in [3.8, 4) is 0 Å². The molecule has 0 amide bonds. The standard InChI is InChI=1S/C10H6INO2/c11-10-3-1-2-7-6-8(12(13)14)4-5-9(7)10/h1-6H. The normalized spacial score (nSPS) is 10.4. The molecule has 4 heteroatoms. The minimum atomic E-state index is -0.376. The smallest absolute Gasteiger partial charge is 0.258 e. The average molecular weight is 299 g/mol. The first-order chi connectivity index (χ1) is 6.68. The van der Waals surface area contributed by atoms with Crippen molar-refractivity contribution in [2.24, 2.45) is 0 Å². The zero-order chi connectivity index (χ0) is 10.1. The van der Waals surface area contributed by atoms with Gasteiger partial charge in [0.1, 0.15) is 0 Å². The van der Waals surface area contributed by atoms with Gasteiger partial charge in [-0.2, -0.15) is 0 Å². The highest BCUT2D eigenvalue weighted by Gasteiger charge is 2.06. The van der Waals surface area contributed by atoms with Crippen LogP contribution in [0.3, 0.4) is 0 Å². The minimum absolute atomic E-state index is 0.138. The van der Waals surface area contributed by atoms with Crippen LogP contribution in [0.4, 0.5) is 5.69 Å². The van der Waals surface area contributed by atoms with Crippen LogP contribution in [-0.4, -0.2) is 4.92 Å². The van der Waals surface area contributed by atoms with E-state index >= 15 is 0 Å². The van der Waals surface area contributed by atoms with Crippen LogP contribution in [0.1, 0.15) is 0 Å². The third-order valence-corrected chi connectivity index (χ3v) is 2.96. The Morgan fingerprint density at radius 1 is 1.21 bits per heavy atom. The van der Waals surface area contributed by atoms with Gasteiger partial charge in [-0.05, 0) is 45.5 Å². The van der Waals surface area contributed by atoms with E-state index in [-0.39, 0.29) is 10.6 Å². The van der Waals surface area contributed by atoms with Gasteiger partial charge < -0.3 is 0 Å². The predicted octanol–water partition coefficient (Wildman–Crippen LogP) is 3.35. The molecule has 0 aromatic heterocycles. The van der Waals surface area contributed by atoms with Crippen molar-refractivity contribution in [2.45, 2.75) is 0 Å². The third kappa shape index (κ3) is 1.57. The summed E-state index contributed by atoms with van der Waals surface area (Å²) in [6.07, 6.45) is 0. The largest absolute Gasteiger partial charge is 0.270 e. The van der Waals surface area contributed by atoms with Crippen LogP contribution in [-0.2, 0) is 0 Å². The maximum Gasteiger partial charge on any atom is 0.270 e. The molecule has 0 N–H and O–H groups in total. The highest BCUT2D eigenvalue weighted by Crippen LogP contribution is 2.24. The zero-order valence-electron chi connectivity index (χ0n) is 7.11. The number of rotatable bonds is 1. The fourth-order valence-corrected chi connectivity index (χ4v) is 2.04. The lowest BCUT2D eigenvalue weighted by Crippen LogP contribution is -1.87. The molecule has 2 aromatic carbocycles. The van der Waals surface area contributed by atoms with Crippen molar-refractivity contribution in [2.75, 3.05) is 0 Å². The van der Waals surface area contributed by atoms with Crippen molar-refractivity contribution >= 4 is 39.1 Å². The van der Waals surface area contributed by atoms with Crippen LogP contribution in [0, 0.1) is 13.7 Å². The van der Waals surface area contributed by atoms with E-state index in [0.29, 0.717) is 0 Å². The van der Waals surface area contributed by atoms with E-state index in [1.165, 1.54) is 6.07 Å². The van der Waals surface area contributed by atoms with Crippen LogP contribution < -0.4 is 0 Å².